The smallest absolute Gasteiger partial charge is 0.0268 e. The van der Waals surface area contributed by atoms with E-state index in [9.17, 15) is 0 Å². The topological polar surface area (TPSA) is 12.0 Å². The number of hydrogen-bond donors (Lipinski definition) is 1. The van der Waals surface area contributed by atoms with Crippen molar-refractivity contribution >= 4 is 15.9 Å². The van der Waals surface area contributed by atoms with Crippen LogP contribution >= 0.6 is 15.9 Å². The predicted octanol–water partition coefficient (Wildman–Crippen LogP) is 3.45. The van der Waals surface area contributed by atoms with Crippen LogP contribution in [0.1, 0.15) is 38.5 Å². The summed E-state index contributed by atoms with van der Waals surface area (Å²) in [4.78, 5) is 0. The van der Waals surface area contributed by atoms with Crippen molar-refractivity contribution in [3.8, 4) is 0 Å². The molecule has 2 aliphatic carbocycles. The Labute approximate surface area is 95.5 Å². The summed E-state index contributed by atoms with van der Waals surface area (Å²) in [5, 5.41) is 3.59. The fraction of sp³-hybridized carbons (Fsp3) is 0.833. The van der Waals surface area contributed by atoms with Gasteiger partial charge in [-0.3, -0.25) is 0 Å². The molecule has 1 N–H and O–H groups in total. The van der Waals surface area contributed by atoms with E-state index >= 15 is 0 Å². The SMILES string of the molecule is C=C(Br)CNC1CCCC(C2CC2)C1. The standard InChI is InChI=1S/C12H20BrN/c1-9(13)8-14-12-4-2-3-11(7-12)10-5-6-10/h10-12,14H,1-8H2. The van der Waals surface area contributed by atoms with E-state index in [1.54, 1.807) is 0 Å². The van der Waals surface area contributed by atoms with E-state index < -0.39 is 0 Å². The maximum absolute atomic E-state index is 3.86. The fourth-order valence-electron chi connectivity index (χ4n) is 2.66. The van der Waals surface area contributed by atoms with Crippen molar-refractivity contribution < 1.29 is 0 Å². The van der Waals surface area contributed by atoms with Crippen LogP contribution in [0.15, 0.2) is 11.1 Å². The number of halogens is 1. The van der Waals surface area contributed by atoms with Gasteiger partial charge in [0.25, 0.3) is 0 Å². The molecule has 0 amide bonds. The van der Waals surface area contributed by atoms with Crippen molar-refractivity contribution in [1.82, 2.24) is 5.32 Å². The molecule has 0 spiro atoms. The lowest BCUT2D eigenvalue weighted by atomic mass is 9.83. The first-order valence-corrected chi connectivity index (χ1v) is 6.61. The molecule has 14 heavy (non-hydrogen) atoms. The fourth-order valence-corrected chi connectivity index (χ4v) is 2.83. The third-order valence-electron chi connectivity index (χ3n) is 3.59. The van der Waals surface area contributed by atoms with E-state index in [-0.39, 0.29) is 0 Å². The minimum absolute atomic E-state index is 0.753. The Morgan fingerprint density at radius 2 is 2.00 bits per heavy atom. The Hall–Kier alpha value is 0.180. The first kappa shape index (κ1) is 10.7. The van der Waals surface area contributed by atoms with Gasteiger partial charge >= 0.3 is 0 Å². The Balaban J connectivity index is 1.72. The van der Waals surface area contributed by atoms with E-state index in [1.807, 2.05) is 0 Å². The summed E-state index contributed by atoms with van der Waals surface area (Å²) in [6.07, 6.45) is 8.69. The van der Waals surface area contributed by atoms with E-state index in [2.05, 4.69) is 27.8 Å². The molecule has 0 radical (unpaired) electrons. The van der Waals surface area contributed by atoms with E-state index in [1.165, 1.54) is 38.5 Å². The van der Waals surface area contributed by atoms with Gasteiger partial charge < -0.3 is 5.32 Å². The highest BCUT2D eigenvalue weighted by Crippen LogP contribution is 2.43. The third-order valence-corrected chi connectivity index (χ3v) is 3.87. The van der Waals surface area contributed by atoms with Crippen molar-refractivity contribution in [2.45, 2.75) is 44.6 Å². The zero-order valence-corrected chi connectivity index (χ0v) is 10.4. The Morgan fingerprint density at radius 3 is 2.64 bits per heavy atom. The Bertz CT molecular complexity index is 210. The van der Waals surface area contributed by atoms with Gasteiger partial charge in [0.15, 0.2) is 0 Å². The molecule has 0 aromatic rings. The van der Waals surface area contributed by atoms with Crippen molar-refractivity contribution in [3.63, 3.8) is 0 Å². The first-order valence-electron chi connectivity index (χ1n) is 5.82. The van der Waals surface area contributed by atoms with Crippen molar-refractivity contribution in [3.05, 3.63) is 11.1 Å². The van der Waals surface area contributed by atoms with Gasteiger partial charge in [0.05, 0.1) is 0 Å². The molecule has 0 heterocycles. The highest BCUT2D eigenvalue weighted by atomic mass is 79.9. The van der Waals surface area contributed by atoms with Crippen LogP contribution in [0.25, 0.3) is 0 Å². The van der Waals surface area contributed by atoms with Crippen LogP contribution in [-0.4, -0.2) is 12.6 Å². The summed E-state index contributed by atoms with van der Waals surface area (Å²) in [7, 11) is 0. The second-order valence-electron chi connectivity index (χ2n) is 4.86. The summed E-state index contributed by atoms with van der Waals surface area (Å²) < 4.78 is 1.08. The van der Waals surface area contributed by atoms with Crippen molar-refractivity contribution in [2.24, 2.45) is 11.8 Å². The molecule has 80 valence electrons. The van der Waals surface area contributed by atoms with Crippen LogP contribution in [0.3, 0.4) is 0 Å². The maximum atomic E-state index is 3.86. The average molecular weight is 258 g/mol. The van der Waals surface area contributed by atoms with E-state index in [0.29, 0.717) is 0 Å². The monoisotopic (exact) mass is 257 g/mol. The van der Waals surface area contributed by atoms with Gasteiger partial charge in [0.2, 0.25) is 0 Å². The maximum Gasteiger partial charge on any atom is 0.0268 e. The zero-order chi connectivity index (χ0) is 9.97. The molecule has 2 atom stereocenters. The van der Waals surface area contributed by atoms with Crippen molar-refractivity contribution in [1.29, 1.82) is 0 Å². The minimum atomic E-state index is 0.753. The van der Waals surface area contributed by atoms with Gasteiger partial charge in [-0.1, -0.05) is 35.4 Å². The van der Waals surface area contributed by atoms with Crippen LogP contribution in [0, 0.1) is 11.8 Å². The Morgan fingerprint density at radius 1 is 1.21 bits per heavy atom. The molecule has 2 fully saturated rings. The first-order chi connectivity index (χ1) is 6.75. The van der Waals surface area contributed by atoms with Gasteiger partial charge in [-0.05, 0) is 37.5 Å². The molecule has 2 rings (SSSR count). The molecule has 2 saturated carbocycles. The lowest BCUT2D eigenvalue weighted by molar-refractivity contribution is 0.265. The average Bonchev–Trinajstić information content (AvgIpc) is 2.98. The summed E-state index contributed by atoms with van der Waals surface area (Å²) in [5.41, 5.74) is 0. The Kier molecular flexibility index (Phi) is 3.67. The highest BCUT2D eigenvalue weighted by molar-refractivity contribution is 9.11. The van der Waals surface area contributed by atoms with E-state index in [4.69, 9.17) is 0 Å². The highest BCUT2D eigenvalue weighted by Gasteiger charge is 2.34. The van der Waals surface area contributed by atoms with Gasteiger partial charge in [0.1, 0.15) is 0 Å². The summed E-state index contributed by atoms with van der Waals surface area (Å²) in [6, 6.07) is 0.753. The lowest BCUT2D eigenvalue weighted by Crippen LogP contribution is -2.35. The minimum Gasteiger partial charge on any atom is -0.309 e. The van der Waals surface area contributed by atoms with Crippen LogP contribution in [0.4, 0.5) is 0 Å². The molecule has 0 bridgehead atoms. The molecular formula is C12H20BrN. The normalized spacial score (nSPS) is 32.9. The van der Waals surface area contributed by atoms with Gasteiger partial charge in [-0.15, -0.1) is 0 Å². The zero-order valence-electron chi connectivity index (χ0n) is 8.77. The van der Waals surface area contributed by atoms with Crippen LogP contribution < -0.4 is 5.32 Å². The molecule has 0 aliphatic heterocycles. The van der Waals surface area contributed by atoms with Gasteiger partial charge in [0, 0.05) is 17.1 Å². The molecule has 0 saturated heterocycles. The molecule has 0 aromatic carbocycles. The number of hydrogen-bond acceptors (Lipinski definition) is 1. The molecule has 0 aromatic heterocycles. The summed E-state index contributed by atoms with van der Waals surface area (Å²) in [5.74, 6) is 2.12. The number of rotatable bonds is 4. The lowest BCUT2D eigenvalue weighted by Gasteiger charge is -2.29. The summed E-state index contributed by atoms with van der Waals surface area (Å²) >= 11 is 3.40. The quantitative estimate of drug-likeness (QED) is 0.814. The van der Waals surface area contributed by atoms with Crippen LogP contribution in [0.2, 0.25) is 0 Å². The van der Waals surface area contributed by atoms with E-state index in [0.717, 1.165) is 28.9 Å². The largest absolute Gasteiger partial charge is 0.309 e. The molecular weight excluding hydrogens is 238 g/mol. The molecule has 2 unspecified atom stereocenters. The number of nitrogens with one attached hydrogen (secondary N) is 1. The summed E-state index contributed by atoms with van der Waals surface area (Å²) in [6.45, 7) is 4.79. The van der Waals surface area contributed by atoms with Crippen molar-refractivity contribution in [2.75, 3.05) is 6.54 Å². The van der Waals surface area contributed by atoms with Crippen LogP contribution in [0.5, 0.6) is 0 Å². The van der Waals surface area contributed by atoms with Crippen LogP contribution in [-0.2, 0) is 0 Å². The van der Waals surface area contributed by atoms with Gasteiger partial charge in [-0.2, -0.15) is 0 Å². The molecule has 1 nitrogen and oxygen atoms in total. The molecule has 2 aliphatic rings. The second kappa shape index (κ2) is 4.80. The van der Waals surface area contributed by atoms with Gasteiger partial charge in [-0.25, -0.2) is 0 Å². The third kappa shape index (κ3) is 3.09. The predicted molar refractivity (Wildman–Crippen MR) is 64.5 cm³/mol. The second-order valence-corrected chi connectivity index (χ2v) is 5.98. The molecule has 2 heteroatoms.